The third-order valence-electron chi connectivity index (χ3n) is 5.92. The molecule has 1 aliphatic rings. The SMILES string of the molecule is O=C(CCc1ccc2c(c1)CN(Cc1ccccc1)CC(=O)NCCCCCO2)NCC(O)CO. The highest BCUT2D eigenvalue weighted by atomic mass is 16.5. The number of nitrogens with one attached hydrogen (secondary N) is 2. The molecule has 0 bridgehead atoms. The molecule has 0 spiro atoms. The number of hydrogen-bond acceptors (Lipinski definition) is 6. The summed E-state index contributed by atoms with van der Waals surface area (Å²) >= 11 is 0. The van der Waals surface area contributed by atoms with Gasteiger partial charge in [-0.1, -0.05) is 42.5 Å². The van der Waals surface area contributed by atoms with Gasteiger partial charge in [0.15, 0.2) is 0 Å². The Morgan fingerprint density at radius 3 is 2.71 bits per heavy atom. The summed E-state index contributed by atoms with van der Waals surface area (Å²) in [4.78, 5) is 26.8. The predicted molar refractivity (Wildman–Crippen MR) is 134 cm³/mol. The van der Waals surface area contributed by atoms with Crippen molar-refractivity contribution in [3.63, 3.8) is 0 Å². The molecule has 35 heavy (non-hydrogen) atoms. The molecule has 190 valence electrons. The zero-order valence-electron chi connectivity index (χ0n) is 20.2. The van der Waals surface area contributed by atoms with Crippen LogP contribution < -0.4 is 15.4 Å². The molecule has 2 amide bonds. The lowest BCUT2D eigenvalue weighted by Gasteiger charge is -2.24. The first-order chi connectivity index (χ1) is 17.0. The molecule has 0 radical (unpaired) electrons. The van der Waals surface area contributed by atoms with Crippen LogP contribution in [0.1, 0.15) is 42.4 Å². The molecule has 4 N–H and O–H groups in total. The monoisotopic (exact) mass is 483 g/mol. The van der Waals surface area contributed by atoms with E-state index < -0.39 is 6.10 Å². The van der Waals surface area contributed by atoms with E-state index in [9.17, 15) is 14.7 Å². The van der Waals surface area contributed by atoms with Gasteiger partial charge in [0.2, 0.25) is 11.8 Å². The molecule has 0 saturated carbocycles. The normalized spacial score (nSPS) is 16.5. The molecule has 8 heteroatoms. The van der Waals surface area contributed by atoms with Crippen molar-refractivity contribution in [2.45, 2.75) is 51.3 Å². The van der Waals surface area contributed by atoms with Gasteiger partial charge < -0.3 is 25.6 Å². The number of rotatable bonds is 8. The number of benzene rings is 2. The largest absolute Gasteiger partial charge is 0.493 e. The number of hydrogen-bond donors (Lipinski definition) is 4. The maximum absolute atomic E-state index is 12.6. The van der Waals surface area contributed by atoms with Crippen LogP contribution in [0.15, 0.2) is 48.5 Å². The van der Waals surface area contributed by atoms with Gasteiger partial charge in [0.25, 0.3) is 0 Å². The van der Waals surface area contributed by atoms with E-state index in [1.165, 1.54) is 0 Å². The first-order valence-electron chi connectivity index (χ1n) is 12.4. The zero-order chi connectivity index (χ0) is 24.9. The van der Waals surface area contributed by atoms with Crippen LogP contribution in [0.3, 0.4) is 0 Å². The number of aliphatic hydroxyl groups excluding tert-OH is 2. The van der Waals surface area contributed by atoms with Crippen LogP contribution in [0.25, 0.3) is 0 Å². The van der Waals surface area contributed by atoms with E-state index in [-0.39, 0.29) is 37.9 Å². The van der Waals surface area contributed by atoms with Crippen molar-refractivity contribution in [2.75, 3.05) is 32.8 Å². The van der Waals surface area contributed by atoms with Gasteiger partial charge in [0, 0.05) is 38.2 Å². The lowest BCUT2D eigenvalue weighted by atomic mass is 10.0. The van der Waals surface area contributed by atoms with E-state index in [0.29, 0.717) is 32.7 Å². The summed E-state index contributed by atoms with van der Waals surface area (Å²) in [6.07, 6.45) is 2.69. The van der Waals surface area contributed by atoms with E-state index in [4.69, 9.17) is 9.84 Å². The van der Waals surface area contributed by atoms with Gasteiger partial charge in [-0.2, -0.15) is 0 Å². The van der Waals surface area contributed by atoms with Crippen molar-refractivity contribution in [1.82, 2.24) is 15.5 Å². The molecule has 2 aromatic carbocycles. The van der Waals surface area contributed by atoms with Crippen molar-refractivity contribution in [3.05, 3.63) is 65.2 Å². The fraction of sp³-hybridized carbons (Fsp3) is 0.481. The Kier molecular flexibility index (Phi) is 11.0. The van der Waals surface area contributed by atoms with E-state index in [2.05, 4.69) is 33.7 Å². The Morgan fingerprint density at radius 2 is 1.91 bits per heavy atom. The van der Waals surface area contributed by atoms with Crippen LogP contribution in [0.2, 0.25) is 0 Å². The second-order valence-electron chi connectivity index (χ2n) is 8.97. The minimum Gasteiger partial charge on any atom is -0.493 e. The Balaban J connectivity index is 1.74. The summed E-state index contributed by atoms with van der Waals surface area (Å²) in [7, 11) is 0. The third-order valence-corrected chi connectivity index (χ3v) is 5.92. The van der Waals surface area contributed by atoms with E-state index in [0.717, 1.165) is 41.7 Å². The van der Waals surface area contributed by atoms with Gasteiger partial charge in [-0.05, 0) is 42.9 Å². The average molecular weight is 484 g/mol. The Labute approximate surface area is 207 Å². The summed E-state index contributed by atoms with van der Waals surface area (Å²) in [5.41, 5.74) is 3.12. The van der Waals surface area contributed by atoms with Crippen molar-refractivity contribution in [3.8, 4) is 5.75 Å². The maximum atomic E-state index is 12.6. The van der Waals surface area contributed by atoms with E-state index in [1.807, 2.05) is 30.3 Å². The molecule has 1 unspecified atom stereocenters. The molecular formula is C27H37N3O5. The number of fused-ring (bicyclic) bond motifs is 1. The molecular weight excluding hydrogens is 446 g/mol. The molecule has 1 aliphatic heterocycles. The lowest BCUT2D eigenvalue weighted by Crippen LogP contribution is -2.37. The first-order valence-corrected chi connectivity index (χ1v) is 12.4. The number of aliphatic hydroxyl groups is 2. The van der Waals surface area contributed by atoms with Crippen molar-refractivity contribution < 1.29 is 24.5 Å². The molecule has 1 heterocycles. The van der Waals surface area contributed by atoms with Gasteiger partial charge in [-0.15, -0.1) is 0 Å². The van der Waals surface area contributed by atoms with Gasteiger partial charge >= 0.3 is 0 Å². The molecule has 0 aliphatic carbocycles. The topological polar surface area (TPSA) is 111 Å². The number of nitrogens with zero attached hydrogens (tertiary/aromatic N) is 1. The van der Waals surface area contributed by atoms with Crippen LogP contribution in [0, 0.1) is 0 Å². The third kappa shape index (κ3) is 9.68. The summed E-state index contributed by atoms with van der Waals surface area (Å²) in [6.45, 7) is 2.40. The Bertz CT molecular complexity index is 938. The van der Waals surface area contributed by atoms with Crippen LogP contribution in [-0.4, -0.2) is 65.9 Å². The molecule has 0 aromatic heterocycles. The van der Waals surface area contributed by atoms with Crippen LogP contribution in [0.4, 0.5) is 0 Å². The molecule has 0 fully saturated rings. The zero-order valence-corrected chi connectivity index (χ0v) is 20.2. The number of amides is 2. The highest BCUT2D eigenvalue weighted by molar-refractivity contribution is 5.78. The van der Waals surface area contributed by atoms with Gasteiger partial charge in [0.1, 0.15) is 5.75 Å². The van der Waals surface area contributed by atoms with Crippen LogP contribution >= 0.6 is 0 Å². The van der Waals surface area contributed by atoms with Gasteiger partial charge in [-0.3, -0.25) is 14.5 Å². The highest BCUT2D eigenvalue weighted by Crippen LogP contribution is 2.24. The molecule has 0 saturated heterocycles. The molecule has 1 atom stereocenters. The number of carbonyl (C=O) groups is 2. The van der Waals surface area contributed by atoms with Crippen molar-refractivity contribution >= 4 is 11.8 Å². The highest BCUT2D eigenvalue weighted by Gasteiger charge is 2.16. The minimum absolute atomic E-state index is 0.0144. The lowest BCUT2D eigenvalue weighted by molar-refractivity contribution is -0.123. The standard InChI is InChI=1S/C27H37N3O5/c31-20-24(32)16-29-26(33)12-10-21-9-11-25-23(15-21)18-30(17-22-7-3-1-4-8-22)19-27(34)28-13-5-2-6-14-35-25/h1,3-4,7-9,11,15,24,31-32H,2,5-6,10,12-14,16-20H2,(H,28,34)(H,29,33). The minimum atomic E-state index is -0.953. The fourth-order valence-electron chi connectivity index (χ4n) is 4.02. The smallest absolute Gasteiger partial charge is 0.234 e. The number of aryl methyl sites for hydroxylation is 1. The Morgan fingerprint density at radius 1 is 1.09 bits per heavy atom. The quantitative estimate of drug-likeness (QED) is 0.456. The van der Waals surface area contributed by atoms with Crippen LogP contribution in [-0.2, 0) is 29.1 Å². The summed E-state index contributed by atoms with van der Waals surface area (Å²) in [6, 6.07) is 16.1. The second kappa shape index (κ2) is 14.5. The van der Waals surface area contributed by atoms with Gasteiger partial charge in [-0.25, -0.2) is 0 Å². The first kappa shape index (κ1) is 26.7. The van der Waals surface area contributed by atoms with Crippen LogP contribution in [0.5, 0.6) is 5.75 Å². The molecule has 3 rings (SSSR count). The number of carbonyl (C=O) groups excluding carboxylic acids is 2. The van der Waals surface area contributed by atoms with E-state index in [1.54, 1.807) is 0 Å². The molecule has 8 nitrogen and oxygen atoms in total. The summed E-state index contributed by atoms with van der Waals surface area (Å²) in [5.74, 6) is 0.641. The summed E-state index contributed by atoms with van der Waals surface area (Å²) < 4.78 is 6.12. The second-order valence-corrected chi connectivity index (χ2v) is 8.97. The Hall–Kier alpha value is -2.94. The fourth-order valence-corrected chi connectivity index (χ4v) is 4.02. The van der Waals surface area contributed by atoms with Crippen molar-refractivity contribution in [1.29, 1.82) is 0 Å². The van der Waals surface area contributed by atoms with Gasteiger partial charge in [0.05, 0.1) is 25.9 Å². The van der Waals surface area contributed by atoms with E-state index >= 15 is 0 Å². The maximum Gasteiger partial charge on any atom is 0.234 e. The van der Waals surface area contributed by atoms with Crippen molar-refractivity contribution in [2.24, 2.45) is 0 Å². The number of ether oxygens (including phenoxy) is 1. The summed E-state index contributed by atoms with van der Waals surface area (Å²) in [5, 5.41) is 24.0. The predicted octanol–water partition coefficient (Wildman–Crippen LogP) is 1.77. The average Bonchev–Trinajstić information content (AvgIpc) is 2.87. The molecule has 2 aromatic rings.